The first-order valence-electron chi connectivity index (χ1n) is 8.97. The van der Waals surface area contributed by atoms with Gasteiger partial charge in [0, 0.05) is 43.4 Å². The van der Waals surface area contributed by atoms with Crippen LogP contribution in [0.15, 0.2) is 59.7 Å². The van der Waals surface area contributed by atoms with Crippen molar-refractivity contribution in [3.63, 3.8) is 0 Å². The molecule has 8 heteroatoms. The van der Waals surface area contributed by atoms with E-state index in [1.54, 1.807) is 31.4 Å². The quantitative estimate of drug-likeness (QED) is 0.528. The molecule has 7 nitrogen and oxygen atoms in total. The van der Waals surface area contributed by atoms with Crippen molar-refractivity contribution in [1.29, 1.82) is 0 Å². The highest BCUT2D eigenvalue weighted by Crippen LogP contribution is 2.24. The zero-order chi connectivity index (χ0) is 20.8. The fourth-order valence-corrected chi connectivity index (χ4v) is 2.79. The third-order valence-electron chi connectivity index (χ3n) is 4.33. The molecular formula is C21H22FN5O2. The fourth-order valence-electron chi connectivity index (χ4n) is 2.79. The maximum absolute atomic E-state index is 13.0. The predicted octanol–water partition coefficient (Wildman–Crippen LogP) is 3.31. The van der Waals surface area contributed by atoms with Crippen molar-refractivity contribution in [3.05, 3.63) is 71.7 Å². The van der Waals surface area contributed by atoms with Crippen molar-refractivity contribution in [1.82, 2.24) is 9.97 Å². The van der Waals surface area contributed by atoms with E-state index in [9.17, 15) is 9.50 Å². The molecule has 29 heavy (non-hydrogen) atoms. The zero-order valence-corrected chi connectivity index (χ0v) is 15.9. The predicted molar refractivity (Wildman–Crippen MR) is 110 cm³/mol. The van der Waals surface area contributed by atoms with E-state index in [1.165, 1.54) is 24.3 Å². The van der Waals surface area contributed by atoms with Crippen molar-refractivity contribution in [2.45, 2.75) is 18.9 Å². The Kier molecular flexibility index (Phi) is 6.36. The molecule has 0 spiro atoms. The molecule has 0 aliphatic carbocycles. The van der Waals surface area contributed by atoms with E-state index in [4.69, 9.17) is 16.2 Å². The summed E-state index contributed by atoms with van der Waals surface area (Å²) in [6, 6.07) is 12.6. The average Bonchev–Trinajstić information content (AvgIpc) is 2.70. The van der Waals surface area contributed by atoms with E-state index in [0.29, 0.717) is 35.9 Å². The molecular weight excluding hydrogens is 373 g/mol. The summed E-state index contributed by atoms with van der Waals surface area (Å²) >= 11 is 0. The summed E-state index contributed by atoms with van der Waals surface area (Å²) in [4.78, 5) is 12.5. The van der Waals surface area contributed by atoms with E-state index >= 15 is 0 Å². The first-order valence-corrected chi connectivity index (χ1v) is 8.97. The highest BCUT2D eigenvalue weighted by atomic mass is 19.1. The van der Waals surface area contributed by atoms with Crippen molar-refractivity contribution in [2.75, 3.05) is 18.5 Å². The molecule has 3 aromatic rings. The summed E-state index contributed by atoms with van der Waals surface area (Å²) in [7, 11) is 1.67. The van der Waals surface area contributed by atoms with Gasteiger partial charge in [-0.05, 0) is 42.0 Å². The lowest BCUT2D eigenvalue weighted by molar-refractivity contribution is 0.186. The molecule has 2 aromatic heterocycles. The van der Waals surface area contributed by atoms with Crippen LogP contribution >= 0.6 is 0 Å². The van der Waals surface area contributed by atoms with Crippen molar-refractivity contribution in [3.8, 4) is 11.6 Å². The molecule has 3 rings (SSSR count). The van der Waals surface area contributed by atoms with Gasteiger partial charge in [-0.15, -0.1) is 0 Å². The van der Waals surface area contributed by atoms with Gasteiger partial charge in [-0.3, -0.25) is 4.99 Å². The Morgan fingerprint density at radius 1 is 1.14 bits per heavy atom. The molecule has 1 aromatic carbocycles. The van der Waals surface area contributed by atoms with E-state index in [0.717, 1.165) is 11.3 Å². The number of benzene rings is 1. The zero-order valence-electron chi connectivity index (χ0n) is 15.9. The number of aromatic nitrogens is 2. The third kappa shape index (κ3) is 5.49. The minimum atomic E-state index is -0.837. The molecule has 0 bridgehead atoms. The Bertz CT molecular complexity index is 991. The molecule has 0 radical (unpaired) electrons. The van der Waals surface area contributed by atoms with Crippen molar-refractivity contribution in [2.24, 2.45) is 4.99 Å². The lowest BCUT2D eigenvalue weighted by atomic mass is 10.0. The van der Waals surface area contributed by atoms with E-state index in [2.05, 4.69) is 15.0 Å². The maximum atomic E-state index is 13.0. The maximum Gasteiger partial charge on any atom is 0.219 e. The second-order valence-electron chi connectivity index (χ2n) is 6.46. The van der Waals surface area contributed by atoms with Gasteiger partial charge >= 0.3 is 0 Å². The first-order chi connectivity index (χ1) is 13.9. The highest BCUT2D eigenvalue weighted by molar-refractivity contribution is 5.87. The minimum absolute atomic E-state index is 0.205. The van der Waals surface area contributed by atoms with Crippen molar-refractivity contribution >= 4 is 17.3 Å². The summed E-state index contributed by atoms with van der Waals surface area (Å²) in [5.74, 6) is 1.08. The van der Waals surface area contributed by atoms with Gasteiger partial charge in [-0.2, -0.15) is 0 Å². The number of halogens is 1. The SMILES string of the molecule is C/N=C(/Cc1ccc(Oc2ccc(F)cc2)nc1)CC(O)c1ccc(N)nc1N. The average molecular weight is 395 g/mol. The Hall–Kier alpha value is -3.52. The topological polar surface area (TPSA) is 120 Å². The molecule has 0 saturated heterocycles. The van der Waals surface area contributed by atoms with Crippen LogP contribution in [0.1, 0.15) is 23.7 Å². The summed E-state index contributed by atoms with van der Waals surface area (Å²) in [5, 5.41) is 10.5. The minimum Gasteiger partial charge on any atom is -0.439 e. The van der Waals surface area contributed by atoms with Crippen molar-refractivity contribution < 1.29 is 14.2 Å². The number of nitrogens with zero attached hydrogens (tertiary/aromatic N) is 3. The highest BCUT2D eigenvalue weighted by Gasteiger charge is 2.15. The Morgan fingerprint density at radius 2 is 1.90 bits per heavy atom. The number of aliphatic imine (C=N–C) groups is 1. The summed E-state index contributed by atoms with van der Waals surface area (Å²) in [6.07, 6.45) is 1.66. The van der Waals surface area contributed by atoms with Gasteiger partial charge in [0.2, 0.25) is 5.88 Å². The Labute approximate surface area is 167 Å². The fraction of sp³-hybridized carbons (Fsp3) is 0.190. The van der Waals surface area contributed by atoms with Crippen LogP contribution < -0.4 is 16.2 Å². The number of anilines is 2. The van der Waals surface area contributed by atoms with Crippen LogP contribution in [-0.4, -0.2) is 27.8 Å². The van der Waals surface area contributed by atoms with E-state index in [1.807, 2.05) is 6.07 Å². The van der Waals surface area contributed by atoms with Gasteiger partial charge in [-0.1, -0.05) is 6.07 Å². The smallest absolute Gasteiger partial charge is 0.219 e. The summed E-state index contributed by atoms with van der Waals surface area (Å²) < 4.78 is 18.5. The summed E-state index contributed by atoms with van der Waals surface area (Å²) in [6.45, 7) is 0. The van der Waals surface area contributed by atoms with Crippen LogP contribution in [0.2, 0.25) is 0 Å². The van der Waals surface area contributed by atoms with Gasteiger partial charge < -0.3 is 21.3 Å². The molecule has 0 amide bonds. The Morgan fingerprint density at radius 3 is 2.52 bits per heavy atom. The Balaban J connectivity index is 1.62. The van der Waals surface area contributed by atoms with Gasteiger partial charge in [0.25, 0.3) is 0 Å². The molecule has 5 N–H and O–H groups in total. The van der Waals surface area contributed by atoms with Crippen LogP contribution in [0, 0.1) is 5.82 Å². The first kappa shape index (κ1) is 20.2. The number of hydrogen-bond acceptors (Lipinski definition) is 7. The number of hydrogen-bond donors (Lipinski definition) is 3. The van der Waals surface area contributed by atoms with Crippen LogP contribution in [-0.2, 0) is 6.42 Å². The van der Waals surface area contributed by atoms with E-state index < -0.39 is 6.10 Å². The third-order valence-corrected chi connectivity index (χ3v) is 4.33. The lowest BCUT2D eigenvalue weighted by Gasteiger charge is -2.15. The number of nitrogens with two attached hydrogens (primary N) is 2. The molecule has 150 valence electrons. The molecule has 1 atom stereocenters. The van der Waals surface area contributed by atoms with Gasteiger partial charge in [0.1, 0.15) is 23.2 Å². The normalized spacial score (nSPS) is 12.6. The second kappa shape index (κ2) is 9.11. The molecule has 0 fully saturated rings. The number of aliphatic hydroxyl groups excluding tert-OH is 1. The number of nitrogen functional groups attached to an aromatic ring is 2. The van der Waals surface area contributed by atoms with Crippen LogP contribution in [0.4, 0.5) is 16.0 Å². The molecule has 1 unspecified atom stereocenters. The number of rotatable bonds is 7. The molecule has 0 saturated carbocycles. The van der Waals surface area contributed by atoms with Crippen LogP contribution in [0.3, 0.4) is 0 Å². The second-order valence-corrected chi connectivity index (χ2v) is 6.46. The largest absolute Gasteiger partial charge is 0.439 e. The molecule has 0 aliphatic rings. The molecule has 0 aliphatic heterocycles. The van der Waals surface area contributed by atoms with Crippen LogP contribution in [0.5, 0.6) is 11.6 Å². The number of pyridine rings is 2. The number of ether oxygens (including phenoxy) is 1. The summed E-state index contributed by atoms with van der Waals surface area (Å²) in [5.41, 5.74) is 13.6. The molecule has 2 heterocycles. The monoisotopic (exact) mass is 395 g/mol. The van der Waals surface area contributed by atoms with Crippen LogP contribution in [0.25, 0.3) is 0 Å². The van der Waals surface area contributed by atoms with Gasteiger partial charge in [0.05, 0.1) is 6.10 Å². The van der Waals surface area contributed by atoms with Gasteiger partial charge in [0.15, 0.2) is 0 Å². The van der Waals surface area contributed by atoms with Gasteiger partial charge in [-0.25, -0.2) is 14.4 Å². The standard InChI is InChI=1S/C21H22FN5O2/c1-25-15(11-18(28)17-7-8-19(23)27-21(17)24)10-13-2-9-20(26-12-13)29-16-5-3-14(22)4-6-16/h2-9,12,18,28H,10-11H2,1H3,(H4,23,24,27)/b25-15-. The lowest BCUT2D eigenvalue weighted by Crippen LogP contribution is -2.12. The number of aliphatic hydroxyl groups is 1. The van der Waals surface area contributed by atoms with E-state index in [-0.39, 0.29) is 11.6 Å².